The second-order valence-corrected chi connectivity index (χ2v) is 11.7. The molecule has 7 N–H and O–H groups in total. The molecule has 2 saturated heterocycles. The Morgan fingerprint density at radius 2 is 1.70 bits per heavy atom. The molecule has 3 aromatic rings. The van der Waals surface area contributed by atoms with Crippen LogP contribution >= 0.6 is 12.4 Å². The highest BCUT2D eigenvalue weighted by Gasteiger charge is 2.43. The van der Waals surface area contributed by atoms with Crippen molar-refractivity contribution in [2.45, 2.75) is 56.5 Å². The number of benzene rings is 2. The summed E-state index contributed by atoms with van der Waals surface area (Å²) in [5.41, 5.74) is 8.29. The lowest BCUT2D eigenvalue weighted by Gasteiger charge is -2.30. The number of carbonyl (C=O) groups is 5. The molecule has 0 aliphatic carbocycles. The van der Waals surface area contributed by atoms with Crippen molar-refractivity contribution >= 4 is 52.8 Å². The maximum Gasteiger partial charge on any atom is 0.246 e. The molecule has 46 heavy (non-hydrogen) atoms. The third-order valence-corrected chi connectivity index (χ3v) is 8.23. The fraction of sp³-hybridized carbons (Fsp3) is 0.406. The molecule has 3 heterocycles. The van der Waals surface area contributed by atoms with Crippen LogP contribution in [0.15, 0.2) is 60.8 Å². The monoisotopic (exact) mass is 653 g/mol. The number of nitrogens with two attached hydrogens (primary N) is 1. The lowest BCUT2D eigenvalue weighted by Crippen LogP contribution is -2.57. The first-order valence-corrected chi connectivity index (χ1v) is 15.1. The van der Waals surface area contributed by atoms with Crippen molar-refractivity contribution in [3.05, 3.63) is 71.9 Å². The number of hydrogen-bond acceptors (Lipinski definition) is 7. The van der Waals surface area contributed by atoms with Gasteiger partial charge in [0.2, 0.25) is 29.5 Å². The smallest absolute Gasteiger partial charge is 0.246 e. The summed E-state index contributed by atoms with van der Waals surface area (Å²) in [4.78, 5) is 73.2. The number of rotatable bonds is 5. The van der Waals surface area contributed by atoms with E-state index in [2.05, 4.69) is 20.9 Å². The molecule has 246 valence electrons. The molecule has 2 aromatic carbocycles. The van der Waals surface area contributed by atoms with Gasteiger partial charge in [-0.25, -0.2) is 0 Å². The molecular weight excluding hydrogens is 614 g/mol. The zero-order valence-electron chi connectivity index (χ0n) is 25.5. The van der Waals surface area contributed by atoms with E-state index >= 15 is 0 Å². The molecular formula is C32H40ClN7O6. The SMILES string of the molecule is C[C@@H](N)C(=O)N1CCNC(=O)[C@H](Cc2ccccc2)NC(=O)[C@@H]2C[C@@H](O)CN2C(=O)[C@@H](Cc2c[nH]c3ccccc23)NC(=O)C1.Cl. The third-order valence-electron chi connectivity index (χ3n) is 8.23. The van der Waals surface area contributed by atoms with E-state index in [1.54, 1.807) is 6.20 Å². The number of nitrogens with one attached hydrogen (secondary N) is 4. The van der Waals surface area contributed by atoms with E-state index in [-0.39, 0.29) is 51.3 Å². The van der Waals surface area contributed by atoms with Crippen LogP contribution in [0, 0.1) is 0 Å². The minimum absolute atomic E-state index is 0. The van der Waals surface area contributed by atoms with Gasteiger partial charge in [-0.3, -0.25) is 24.0 Å². The van der Waals surface area contributed by atoms with Gasteiger partial charge in [-0.15, -0.1) is 12.4 Å². The summed E-state index contributed by atoms with van der Waals surface area (Å²) in [5.74, 6) is -2.74. The summed E-state index contributed by atoms with van der Waals surface area (Å²) in [6.07, 6.45) is 1.02. The molecule has 5 amide bonds. The number of amides is 5. The molecule has 2 fully saturated rings. The third kappa shape index (κ3) is 8.03. The van der Waals surface area contributed by atoms with Crippen molar-refractivity contribution in [1.82, 2.24) is 30.7 Å². The number of hydrogen-bond donors (Lipinski definition) is 6. The van der Waals surface area contributed by atoms with E-state index in [0.29, 0.717) is 0 Å². The minimum Gasteiger partial charge on any atom is -0.391 e. The Kier molecular flexibility index (Phi) is 11.4. The van der Waals surface area contributed by atoms with E-state index < -0.39 is 66.4 Å². The predicted molar refractivity (Wildman–Crippen MR) is 173 cm³/mol. The number of aromatic amines is 1. The van der Waals surface area contributed by atoms with Gasteiger partial charge in [0.25, 0.3) is 0 Å². The summed E-state index contributed by atoms with van der Waals surface area (Å²) in [6, 6.07) is 12.6. The van der Waals surface area contributed by atoms with E-state index in [4.69, 9.17) is 5.73 Å². The number of aliphatic hydroxyl groups excluding tert-OH is 1. The van der Waals surface area contributed by atoms with Crippen LogP contribution in [0.25, 0.3) is 10.9 Å². The molecule has 5 atom stereocenters. The van der Waals surface area contributed by atoms with Crippen molar-refractivity contribution in [2.75, 3.05) is 26.2 Å². The molecule has 13 nitrogen and oxygen atoms in total. The first-order chi connectivity index (χ1) is 21.6. The second-order valence-electron chi connectivity index (χ2n) is 11.7. The predicted octanol–water partition coefficient (Wildman–Crippen LogP) is -0.388. The Morgan fingerprint density at radius 3 is 2.43 bits per heavy atom. The van der Waals surface area contributed by atoms with E-state index in [1.165, 1.54) is 16.7 Å². The number of fused-ring (bicyclic) bond motifs is 2. The highest BCUT2D eigenvalue weighted by Crippen LogP contribution is 2.23. The molecule has 0 bridgehead atoms. The highest BCUT2D eigenvalue weighted by atomic mass is 35.5. The zero-order chi connectivity index (χ0) is 32.1. The van der Waals surface area contributed by atoms with Gasteiger partial charge in [-0.1, -0.05) is 48.5 Å². The molecule has 2 aliphatic heterocycles. The van der Waals surface area contributed by atoms with Crippen LogP contribution in [0.3, 0.4) is 0 Å². The molecule has 5 rings (SSSR count). The van der Waals surface area contributed by atoms with Crippen LogP contribution < -0.4 is 21.7 Å². The largest absolute Gasteiger partial charge is 0.391 e. The fourth-order valence-electron chi connectivity index (χ4n) is 5.96. The molecule has 0 spiro atoms. The van der Waals surface area contributed by atoms with Crippen molar-refractivity contribution in [3.63, 3.8) is 0 Å². The average molecular weight is 654 g/mol. The lowest BCUT2D eigenvalue weighted by atomic mass is 10.0. The fourth-order valence-corrected chi connectivity index (χ4v) is 5.96. The van der Waals surface area contributed by atoms with Gasteiger partial charge in [0, 0.05) is 56.0 Å². The maximum atomic E-state index is 14.2. The zero-order valence-corrected chi connectivity index (χ0v) is 26.3. The number of nitrogens with zero attached hydrogens (tertiary/aromatic N) is 2. The first kappa shape index (κ1) is 34.4. The van der Waals surface area contributed by atoms with Crippen LogP contribution in [-0.2, 0) is 36.8 Å². The summed E-state index contributed by atoms with van der Waals surface area (Å²) in [6.45, 7) is 0.958. The second kappa shape index (κ2) is 15.2. The van der Waals surface area contributed by atoms with Gasteiger partial charge in [-0.2, -0.15) is 0 Å². The first-order valence-electron chi connectivity index (χ1n) is 15.1. The Hall–Kier alpha value is -4.46. The van der Waals surface area contributed by atoms with Gasteiger partial charge in [-0.05, 0) is 24.1 Å². The van der Waals surface area contributed by atoms with Crippen molar-refractivity contribution in [2.24, 2.45) is 5.73 Å². The molecule has 0 saturated carbocycles. The normalized spacial score (nSPS) is 23.7. The number of H-pyrrole nitrogens is 1. The average Bonchev–Trinajstić information content (AvgIpc) is 3.62. The Morgan fingerprint density at radius 1 is 0.978 bits per heavy atom. The molecule has 1 aromatic heterocycles. The Balaban J connectivity index is 0.00000480. The summed E-state index contributed by atoms with van der Waals surface area (Å²) >= 11 is 0. The minimum atomic E-state index is -1.12. The molecule has 0 radical (unpaired) electrons. The van der Waals surface area contributed by atoms with Crippen molar-refractivity contribution in [1.29, 1.82) is 0 Å². The summed E-state index contributed by atoms with van der Waals surface area (Å²) in [5, 5.41) is 19.8. The quantitative estimate of drug-likeness (QED) is 0.216. The maximum absolute atomic E-state index is 14.2. The number of halogens is 1. The van der Waals surface area contributed by atoms with Crippen LogP contribution in [-0.4, -0.2) is 106 Å². The van der Waals surface area contributed by atoms with E-state index in [1.807, 2.05) is 54.6 Å². The Bertz CT molecular complexity index is 1560. The van der Waals surface area contributed by atoms with Gasteiger partial charge in [0.1, 0.15) is 18.1 Å². The van der Waals surface area contributed by atoms with Crippen LogP contribution in [0.4, 0.5) is 0 Å². The number of aromatic nitrogens is 1. The van der Waals surface area contributed by atoms with Crippen LogP contribution in [0.1, 0.15) is 24.5 Å². The topological polar surface area (TPSA) is 190 Å². The molecule has 0 unspecified atom stereocenters. The van der Waals surface area contributed by atoms with Crippen LogP contribution in [0.2, 0.25) is 0 Å². The molecule has 2 aliphatic rings. The molecule has 14 heteroatoms. The number of para-hydroxylation sites is 1. The lowest BCUT2D eigenvalue weighted by molar-refractivity contribution is -0.142. The standard InChI is InChI=1S/C32H39N7O6.ClH/c1-19(33)31(44)38-12-11-34-29(42)25(13-20-7-3-2-4-8-20)37-30(43)27-15-22(40)17-39(27)32(45)26(36-28(41)18-38)14-21-16-35-24-10-6-5-9-23(21)24;/h2-10,16,19,22,25-27,35,40H,11-15,17-18,33H2,1H3,(H,34,42)(H,36,41)(H,37,43);1H/t19-,22-,25+,26-,27+;/m1./s1. The van der Waals surface area contributed by atoms with Crippen LogP contribution in [0.5, 0.6) is 0 Å². The van der Waals surface area contributed by atoms with Gasteiger partial charge in [0.05, 0.1) is 18.7 Å². The Labute approximate surface area is 272 Å². The number of carbonyl (C=O) groups excluding carboxylic acids is 5. The summed E-state index contributed by atoms with van der Waals surface area (Å²) in [7, 11) is 0. The van der Waals surface area contributed by atoms with Crippen molar-refractivity contribution < 1.29 is 29.1 Å². The van der Waals surface area contributed by atoms with Gasteiger partial charge >= 0.3 is 0 Å². The van der Waals surface area contributed by atoms with E-state index in [0.717, 1.165) is 22.0 Å². The van der Waals surface area contributed by atoms with E-state index in [9.17, 15) is 29.1 Å². The van der Waals surface area contributed by atoms with Gasteiger partial charge < -0.3 is 41.6 Å². The highest BCUT2D eigenvalue weighted by molar-refractivity contribution is 5.96. The van der Waals surface area contributed by atoms with Crippen molar-refractivity contribution in [3.8, 4) is 0 Å². The van der Waals surface area contributed by atoms with Gasteiger partial charge in [0.15, 0.2) is 0 Å². The number of aliphatic hydroxyl groups is 1. The summed E-state index contributed by atoms with van der Waals surface area (Å²) < 4.78 is 0.